The summed E-state index contributed by atoms with van der Waals surface area (Å²) in [7, 11) is 0. The lowest BCUT2D eigenvalue weighted by Crippen LogP contribution is -2.42. The molecule has 2 amide bonds. The highest BCUT2D eigenvalue weighted by Gasteiger charge is 2.25. The smallest absolute Gasteiger partial charge is 0.246 e. The van der Waals surface area contributed by atoms with Crippen molar-refractivity contribution in [3.05, 3.63) is 0 Å². The van der Waals surface area contributed by atoms with Crippen LogP contribution in [0.15, 0.2) is 0 Å². The fourth-order valence-corrected chi connectivity index (χ4v) is 1.82. The van der Waals surface area contributed by atoms with Crippen LogP contribution in [0.1, 0.15) is 33.6 Å². The molecule has 98 valence electrons. The first-order valence-electron chi connectivity index (χ1n) is 6.18. The van der Waals surface area contributed by atoms with Gasteiger partial charge in [0.15, 0.2) is 0 Å². The molecular weight excluding hydrogens is 220 g/mol. The predicted molar refractivity (Wildman–Crippen MR) is 63.9 cm³/mol. The minimum atomic E-state index is -0.0612. The number of carbonyl (C=O) groups is 2. The minimum Gasteiger partial charge on any atom is -0.343 e. The Bertz CT molecular complexity index is 271. The second kappa shape index (κ2) is 6.59. The molecule has 1 heterocycles. The van der Waals surface area contributed by atoms with Gasteiger partial charge in [0, 0.05) is 25.9 Å². The number of nitrogens with one attached hydrogen (secondary N) is 1. The number of nitrogens with zero attached hydrogens (tertiary/aromatic N) is 1. The summed E-state index contributed by atoms with van der Waals surface area (Å²) in [5.74, 6) is 0.390. The molecule has 0 radical (unpaired) electrons. The molecule has 5 heteroatoms. The molecule has 0 aliphatic carbocycles. The van der Waals surface area contributed by atoms with Crippen molar-refractivity contribution in [3.8, 4) is 0 Å². The van der Waals surface area contributed by atoms with Crippen molar-refractivity contribution in [2.75, 3.05) is 19.7 Å². The normalized spacial score (nSPS) is 17.3. The molecule has 1 fully saturated rings. The van der Waals surface area contributed by atoms with Gasteiger partial charge < -0.3 is 4.90 Å². The van der Waals surface area contributed by atoms with Crippen molar-refractivity contribution >= 4 is 11.8 Å². The second-order valence-electron chi connectivity index (χ2n) is 4.95. The van der Waals surface area contributed by atoms with Gasteiger partial charge in [0.1, 0.15) is 0 Å². The lowest BCUT2D eigenvalue weighted by molar-refractivity contribution is -0.142. The summed E-state index contributed by atoms with van der Waals surface area (Å²) in [6.07, 6.45) is 1.44. The Hall–Kier alpha value is -1.10. The van der Waals surface area contributed by atoms with E-state index in [0.717, 1.165) is 12.8 Å². The van der Waals surface area contributed by atoms with Crippen molar-refractivity contribution in [1.29, 1.82) is 0 Å². The molecule has 0 atom stereocenters. The lowest BCUT2D eigenvalue weighted by atomic mass is 9.96. The van der Waals surface area contributed by atoms with Gasteiger partial charge in [-0.15, -0.1) is 0 Å². The monoisotopic (exact) mass is 242 g/mol. The highest BCUT2D eigenvalue weighted by atomic mass is 16.6. The van der Waals surface area contributed by atoms with Crippen molar-refractivity contribution in [2.24, 2.45) is 11.8 Å². The lowest BCUT2D eigenvalue weighted by Gasteiger charge is -2.30. The first-order chi connectivity index (χ1) is 8.00. The van der Waals surface area contributed by atoms with E-state index in [4.69, 9.17) is 4.84 Å². The Kier molecular flexibility index (Phi) is 5.41. The number of likely N-dealkylation sites (tertiary alicyclic amines) is 1. The predicted octanol–water partition coefficient (Wildman–Crippen LogP) is 0.949. The zero-order valence-corrected chi connectivity index (χ0v) is 10.9. The molecule has 5 nitrogen and oxygen atoms in total. The van der Waals surface area contributed by atoms with Gasteiger partial charge in [-0.05, 0) is 18.8 Å². The van der Waals surface area contributed by atoms with E-state index in [0.29, 0.717) is 25.6 Å². The van der Waals surface area contributed by atoms with Crippen LogP contribution in [0.3, 0.4) is 0 Å². The quantitative estimate of drug-likeness (QED) is 0.747. The Labute approximate surface area is 102 Å². The van der Waals surface area contributed by atoms with Crippen molar-refractivity contribution < 1.29 is 14.4 Å². The van der Waals surface area contributed by atoms with Gasteiger partial charge in [-0.25, -0.2) is 5.48 Å². The van der Waals surface area contributed by atoms with Crippen LogP contribution < -0.4 is 5.48 Å². The van der Waals surface area contributed by atoms with E-state index < -0.39 is 0 Å². The summed E-state index contributed by atoms with van der Waals surface area (Å²) < 4.78 is 0. The van der Waals surface area contributed by atoms with Gasteiger partial charge >= 0.3 is 0 Å². The number of piperidine rings is 1. The summed E-state index contributed by atoms with van der Waals surface area (Å²) in [6, 6.07) is 0. The van der Waals surface area contributed by atoms with Crippen LogP contribution >= 0.6 is 0 Å². The molecule has 0 aromatic heterocycles. The minimum absolute atomic E-state index is 0.0298. The van der Waals surface area contributed by atoms with E-state index in [1.165, 1.54) is 0 Å². The molecule has 1 aliphatic heterocycles. The third-order valence-corrected chi connectivity index (χ3v) is 2.90. The number of amides is 2. The van der Waals surface area contributed by atoms with Crippen LogP contribution in [-0.2, 0) is 14.4 Å². The van der Waals surface area contributed by atoms with Gasteiger partial charge in [0.2, 0.25) is 11.8 Å². The second-order valence-corrected chi connectivity index (χ2v) is 4.95. The van der Waals surface area contributed by atoms with E-state index in [9.17, 15) is 9.59 Å². The van der Waals surface area contributed by atoms with Crippen molar-refractivity contribution in [1.82, 2.24) is 10.4 Å². The molecule has 0 aromatic rings. The third kappa shape index (κ3) is 4.73. The summed E-state index contributed by atoms with van der Waals surface area (Å²) >= 11 is 0. The standard InChI is InChI=1S/C12H22N2O3/c1-9(2)8-17-13-12(16)11-4-6-14(7-5-11)10(3)15/h9,11H,4-8H2,1-3H3,(H,13,16). The van der Waals surface area contributed by atoms with Crippen molar-refractivity contribution in [2.45, 2.75) is 33.6 Å². The molecule has 0 unspecified atom stereocenters. The molecule has 0 saturated carbocycles. The summed E-state index contributed by atoms with van der Waals surface area (Å²) in [5, 5.41) is 0. The molecule has 1 aliphatic rings. The van der Waals surface area contributed by atoms with Gasteiger partial charge in [0.25, 0.3) is 0 Å². The zero-order valence-electron chi connectivity index (χ0n) is 10.9. The van der Waals surface area contributed by atoms with Crippen LogP contribution in [0, 0.1) is 11.8 Å². The van der Waals surface area contributed by atoms with Gasteiger partial charge in [0.05, 0.1) is 6.61 Å². The van der Waals surface area contributed by atoms with Gasteiger partial charge in [-0.2, -0.15) is 0 Å². The van der Waals surface area contributed by atoms with Crippen LogP contribution in [0.25, 0.3) is 0 Å². The zero-order chi connectivity index (χ0) is 12.8. The van der Waals surface area contributed by atoms with Gasteiger partial charge in [-0.3, -0.25) is 14.4 Å². The van der Waals surface area contributed by atoms with E-state index in [-0.39, 0.29) is 17.7 Å². The topological polar surface area (TPSA) is 58.6 Å². The fraction of sp³-hybridized carbons (Fsp3) is 0.833. The van der Waals surface area contributed by atoms with Crippen LogP contribution in [-0.4, -0.2) is 36.4 Å². The molecule has 1 saturated heterocycles. The first kappa shape index (κ1) is 14.0. The number of hydroxylamine groups is 1. The Morgan fingerprint density at radius 3 is 2.41 bits per heavy atom. The van der Waals surface area contributed by atoms with Crippen molar-refractivity contribution in [3.63, 3.8) is 0 Å². The average Bonchev–Trinajstić information content (AvgIpc) is 2.28. The first-order valence-corrected chi connectivity index (χ1v) is 6.18. The highest BCUT2D eigenvalue weighted by molar-refractivity contribution is 5.78. The third-order valence-electron chi connectivity index (χ3n) is 2.90. The Balaban J connectivity index is 2.24. The molecule has 1 N–H and O–H groups in total. The maximum Gasteiger partial charge on any atom is 0.246 e. The van der Waals surface area contributed by atoms with E-state index >= 15 is 0 Å². The largest absolute Gasteiger partial charge is 0.343 e. The van der Waals surface area contributed by atoms with E-state index in [2.05, 4.69) is 5.48 Å². The maximum absolute atomic E-state index is 11.7. The SMILES string of the molecule is CC(=O)N1CCC(C(=O)NOCC(C)C)CC1. The number of carbonyl (C=O) groups excluding carboxylic acids is 2. The van der Waals surface area contributed by atoms with Gasteiger partial charge in [-0.1, -0.05) is 13.8 Å². The molecule has 0 spiro atoms. The van der Waals surface area contributed by atoms with E-state index in [1.807, 2.05) is 13.8 Å². The molecule has 17 heavy (non-hydrogen) atoms. The summed E-state index contributed by atoms with van der Waals surface area (Å²) in [5.41, 5.74) is 2.49. The molecule has 1 rings (SSSR count). The summed E-state index contributed by atoms with van der Waals surface area (Å²) in [6.45, 7) is 7.47. The van der Waals surface area contributed by atoms with E-state index in [1.54, 1.807) is 11.8 Å². The van der Waals surface area contributed by atoms with Crippen LogP contribution in [0.5, 0.6) is 0 Å². The number of hydrogen-bond donors (Lipinski definition) is 1. The molecule has 0 aromatic carbocycles. The molecular formula is C12H22N2O3. The van der Waals surface area contributed by atoms with Crippen LogP contribution in [0.4, 0.5) is 0 Å². The fourth-order valence-electron chi connectivity index (χ4n) is 1.82. The maximum atomic E-state index is 11.7. The van der Waals surface area contributed by atoms with Crippen LogP contribution in [0.2, 0.25) is 0 Å². The Morgan fingerprint density at radius 2 is 1.94 bits per heavy atom. The number of rotatable bonds is 4. The average molecular weight is 242 g/mol. The highest BCUT2D eigenvalue weighted by Crippen LogP contribution is 2.17. The Morgan fingerprint density at radius 1 is 1.35 bits per heavy atom. The number of hydrogen-bond acceptors (Lipinski definition) is 3. The molecule has 0 bridgehead atoms. The summed E-state index contributed by atoms with van der Waals surface area (Å²) in [4.78, 5) is 29.7.